The van der Waals surface area contributed by atoms with Crippen molar-refractivity contribution in [2.75, 3.05) is 19.8 Å². The van der Waals surface area contributed by atoms with Gasteiger partial charge in [0.15, 0.2) is 0 Å². The van der Waals surface area contributed by atoms with E-state index in [1.165, 1.54) is 11.3 Å². The highest BCUT2D eigenvalue weighted by atomic mass is 32.1. The lowest BCUT2D eigenvalue weighted by molar-refractivity contribution is 0.100. The highest BCUT2D eigenvalue weighted by Crippen LogP contribution is 2.13. The second-order valence-electron chi connectivity index (χ2n) is 3.85. The molecule has 0 aliphatic rings. The zero-order chi connectivity index (χ0) is 12.7. The molecule has 1 aromatic rings. The average Bonchev–Trinajstić information content (AvgIpc) is 2.71. The van der Waals surface area contributed by atoms with Gasteiger partial charge in [-0.3, -0.25) is 4.79 Å². The van der Waals surface area contributed by atoms with E-state index in [2.05, 4.69) is 11.9 Å². The van der Waals surface area contributed by atoms with Crippen molar-refractivity contribution >= 4 is 17.2 Å². The lowest BCUT2D eigenvalue weighted by Crippen LogP contribution is -2.19. The Morgan fingerprint density at radius 2 is 2.41 bits per heavy atom. The van der Waals surface area contributed by atoms with E-state index in [4.69, 9.17) is 10.5 Å². The molecule has 1 aromatic heterocycles. The van der Waals surface area contributed by atoms with Crippen molar-refractivity contribution in [3.05, 3.63) is 34.0 Å². The van der Waals surface area contributed by atoms with Gasteiger partial charge in [-0.2, -0.15) is 0 Å². The molecule has 0 fully saturated rings. The summed E-state index contributed by atoms with van der Waals surface area (Å²) in [5.41, 5.74) is 6.77. The first-order chi connectivity index (χ1) is 8.09. The summed E-state index contributed by atoms with van der Waals surface area (Å²) in [5, 5.41) is 5.01. The molecular formula is C12H18N2O2S. The second-order valence-corrected chi connectivity index (χ2v) is 4.85. The van der Waals surface area contributed by atoms with Crippen LogP contribution in [-0.2, 0) is 11.3 Å². The predicted molar refractivity (Wildman–Crippen MR) is 70.2 cm³/mol. The van der Waals surface area contributed by atoms with E-state index < -0.39 is 0 Å². The van der Waals surface area contributed by atoms with Crippen LogP contribution in [0, 0.1) is 0 Å². The molecule has 17 heavy (non-hydrogen) atoms. The largest absolute Gasteiger partial charge is 0.376 e. The average molecular weight is 254 g/mol. The maximum absolute atomic E-state index is 10.9. The molecule has 5 heteroatoms. The molecular weight excluding hydrogens is 236 g/mol. The number of ether oxygens (including phenoxy) is 1. The van der Waals surface area contributed by atoms with Crippen LogP contribution in [0.25, 0.3) is 0 Å². The third-order valence-electron chi connectivity index (χ3n) is 2.01. The van der Waals surface area contributed by atoms with Crippen molar-refractivity contribution in [2.24, 2.45) is 5.73 Å². The first-order valence-corrected chi connectivity index (χ1v) is 6.27. The monoisotopic (exact) mass is 254 g/mol. The Balaban J connectivity index is 2.13. The van der Waals surface area contributed by atoms with Crippen molar-refractivity contribution in [1.82, 2.24) is 5.32 Å². The molecule has 0 bridgehead atoms. The fraction of sp³-hybridized carbons (Fsp3) is 0.417. The van der Waals surface area contributed by atoms with Crippen LogP contribution < -0.4 is 11.1 Å². The van der Waals surface area contributed by atoms with E-state index in [0.717, 1.165) is 23.5 Å². The maximum Gasteiger partial charge on any atom is 0.249 e. The Hall–Kier alpha value is -1.17. The van der Waals surface area contributed by atoms with Crippen LogP contribution in [-0.4, -0.2) is 25.7 Å². The Bertz CT molecular complexity index is 388. The summed E-state index contributed by atoms with van der Waals surface area (Å²) in [6.07, 6.45) is 0. The molecule has 1 amide bonds. The minimum atomic E-state index is -0.378. The molecule has 4 nitrogen and oxygen atoms in total. The van der Waals surface area contributed by atoms with Crippen molar-refractivity contribution in [2.45, 2.75) is 13.5 Å². The number of primary amides is 1. The number of thiophene rings is 1. The minimum Gasteiger partial charge on any atom is -0.376 e. The number of carbonyl (C=O) groups is 1. The van der Waals surface area contributed by atoms with Crippen molar-refractivity contribution in [1.29, 1.82) is 0 Å². The van der Waals surface area contributed by atoms with Crippen LogP contribution in [0.15, 0.2) is 23.6 Å². The summed E-state index contributed by atoms with van der Waals surface area (Å²) >= 11 is 1.53. The predicted octanol–water partition coefficient (Wildman–Crippen LogP) is 1.53. The highest BCUT2D eigenvalue weighted by molar-refractivity contribution is 7.10. The molecule has 0 aromatic carbocycles. The molecule has 0 saturated heterocycles. The van der Waals surface area contributed by atoms with Crippen LogP contribution in [0.3, 0.4) is 0 Å². The molecule has 0 unspecified atom stereocenters. The normalized spacial score (nSPS) is 10.4. The molecule has 0 saturated carbocycles. The van der Waals surface area contributed by atoms with E-state index >= 15 is 0 Å². The van der Waals surface area contributed by atoms with E-state index in [9.17, 15) is 4.79 Å². The van der Waals surface area contributed by atoms with Crippen molar-refractivity contribution in [3.8, 4) is 0 Å². The first kappa shape index (κ1) is 13.9. The van der Waals surface area contributed by atoms with Crippen LogP contribution in [0.2, 0.25) is 0 Å². The van der Waals surface area contributed by atoms with Gasteiger partial charge in [0, 0.05) is 23.3 Å². The lowest BCUT2D eigenvalue weighted by Gasteiger charge is -2.04. The van der Waals surface area contributed by atoms with Gasteiger partial charge in [0.25, 0.3) is 0 Å². The molecule has 94 valence electrons. The smallest absolute Gasteiger partial charge is 0.249 e. The Morgan fingerprint density at radius 1 is 1.65 bits per heavy atom. The van der Waals surface area contributed by atoms with Gasteiger partial charge < -0.3 is 15.8 Å². The summed E-state index contributed by atoms with van der Waals surface area (Å²) < 4.78 is 5.34. The van der Waals surface area contributed by atoms with E-state index in [1.54, 1.807) is 5.38 Å². The van der Waals surface area contributed by atoms with Gasteiger partial charge in [-0.15, -0.1) is 11.3 Å². The number of nitrogens with two attached hydrogens (primary N) is 1. The van der Waals surface area contributed by atoms with E-state index in [-0.39, 0.29) is 5.91 Å². The van der Waals surface area contributed by atoms with Crippen molar-refractivity contribution < 1.29 is 9.53 Å². The third kappa shape index (κ3) is 5.63. The number of hydrogen-bond acceptors (Lipinski definition) is 4. The van der Waals surface area contributed by atoms with Gasteiger partial charge in [-0.25, -0.2) is 0 Å². The number of nitrogens with one attached hydrogen (secondary N) is 1. The molecule has 0 aliphatic carbocycles. The molecule has 0 aliphatic heterocycles. The highest BCUT2D eigenvalue weighted by Gasteiger charge is 2.03. The minimum absolute atomic E-state index is 0.378. The Kier molecular flexibility index (Phi) is 5.90. The second kappa shape index (κ2) is 7.21. The molecule has 0 radical (unpaired) electrons. The van der Waals surface area contributed by atoms with E-state index in [1.807, 2.05) is 13.0 Å². The van der Waals surface area contributed by atoms with Gasteiger partial charge >= 0.3 is 0 Å². The summed E-state index contributed by atoms with van der Waals surface area (Å²) in [5.74, 6) is -0.378. The maximum atomic E-state index is 10.9. The molecule has 0 atom stereocenters. The quantitative estimate of drug-likeness (QED) is 0.546. The fourth-order valence-electron chi connectivity index (χ4n) is 1.20. The summed E-state index contributed by atoms with van der Waals surface area (Å²) in [6, 6.07) is 1.81. The number of hydrogen-bond donors (Lipinski definition) is 2. The van der Waals surface area contributed by atoms with Gasteiger partial charge in [0.2, 0.25) is 5.91 Å². The van der Waals surface area contributed by atoms with Gasteiger partial charge in [-0.05, 0) is 13.0 Å². The number of amides is 1. The van der Waals surface area contributed by atoms with Crippen molar-refractivity contribution in [3.63, 3.8) is 0 Å². The molecule has 1 heterocycles. The zero-order valence-corrected chi connectivity index (χ0v) is 10.8. The van der Waals surface area contributed by atoms with Crippen LogP contribution in [0.4, 0.5) is 0 Å². The number of rotatable bonds is 8. The Morgan fingerprint density at radius 3 is 3.00 bits per heavy atom. The standard InChI is InChI=1S/C12H18N2O2S/c1-9(2)7-16-4-3-14-6-11-5-10(8-17-11)12(13)15/h5,8,14H,1,3-4,6-7H2,2H3,(H2,13,15). The Labute approximate surface area is 105 Å². The lowest BCUT2D eigenvalue weighted by atomic mass is 10.3. The summed E-state index contributed by atoms with van der Waals surface area (Å²) in [4.78, 5) is 12.0. The van der Waals surface area contributed by atoms with Gasteiger partial charge in [0.1, 0.15) is 0 Å². The third-order valence-corrected chi connectivity index (χ3v) is 2.95. The molecule has 0 spiro atoms. The van der Waals surface area contributed by atoms with Crippen LogP contribution in [0.5, 0.6) is 0 Å². The van der Waals surface area contributed by atoms with E-state index in [0.29, 0.717) is 18.8 Å². The summed E-state index contributed by atoms with van der Waals surface area (Å²) in [7, 11) is 0. The fourth-order valence-corrected chi connectivity index (χ4v) is 2.05. The van der Waals surface area contributed by atoms with Gasteiger partial charge in [-0.1, -0.05) is 12.2 Å². The first-order valence-electron chi connectivity index (χ1n) is 5.39. The molecule has 1 rings (SSSR count). The van der Waals surface area contributed by atoms with Gasteiger partial charge in [0.05, 0.1) is 18.8 Å². The number of carbonyl (C=O) groups excluding carboxylic acids is 1. The SMILES string of the molecule is C=C(C)COCCNCc1cc(C(N)=O)cs1. The zero-order valence-electron chi connectivity index (χ0n) is 9.99. The van der Waals surface area contributed by atoms with Crippen LogP contribution in [0.1, 0.15) is 22.2 Å². The topological polar surface area (TPSA) is 64.3 Å². The van der Waals surface area contributed by atoms with Crippen LogP contribution >= 0.6 is 11.3 Å². The summed E-state index contributed by atoms with van der Waals surface area (Å²) in [6.45, 7) is 8.45. The molecule has 3 N–H and O–H groups in total.